The Morgan fingerprint density at radius 1 is 1.08 bits per heavy atom. The molecule has 10 heteroatoms. The van der Waals surface area contributed by atoms with Gasteiger partial charge in [-0.2, -0.15) is 0 Å². The van der Waals surface area contributed by atoms with Crippen molar-refractivity contribution in [2.75, 3.05) is 12.4 Å². The number of benzene rings is 2. The lowest BCUT2D eigenvalue weighted by Gasteiger charge is -2.23. The molecule has 4 rings (SSSR count). The van der Waals surface area contributed by atoms with Gasteiger partial charge in [0.2, 0.25) is 0 Å². The molecule has 8 nitrogen and oxygen atoms in total. The summed E-state index contributed by atoms with van der Waals surface area (Å²) < 4.78 is 4.94. The number of hydroxylamine groups is 1. The van der Waals surface area contributed by atoms with Crippen LogP contribution in [0.15, 0.2) is 54.2 Å². The van der Waals surface area contributed by atoms with Crippen molar-refractivity contribution in [2.45, 2.75) is 57.1 Å². The zero-order valence-corrected chi connectivity index (χ0v) is 22.8. The molecule has 0 bridgehead atoms. The minimum Gasteiger partial charge on any atom is -0.467 e. The Bertz CT molecular complexity index is 1210. The average molecular weight is 560 g/mol. The molecule has 0 spiro atoms. The van der Waals surface area contributed by atoms with Crippen molar-refractivity contribution in [3.63, 3.8) is 0 Å². The third kappa shape index (κ3) is 6.49. The van der Waals surface area contributed by atoms with E-state index in [0.717, 1.165) is 36.9 Å². The van der Waals surface area contributed by atoms with Gasteiger partial charge in [0.05, 0.1) is 22.7 Å². The quantitative estimate of drug-likeness (QED) is 0.383. The molecule has 2 aromatic carbocycles. The molecule has 1 heterocycles. The SMILES string of the molecule is COC(=O)C(Cc1ccc(NC(=O)c2c(Cl)cccc2Cl)cc1)NC(=O)[C@]1(C)C=C(C2CCCCC2)NO1. The molecule has 1 fully saturated rings. The van der Waals surface area contributed by atoms with Gasteiger partial charge in [-0.1, -0.05) is 60.7 Å². The zero-order valence-electron chi connectivity index (χ0n) is 21.3. The topological polar surface area (TPSA) is 106 Å². The molecule has 0 saturated heterocycles. The van der Waals surface area contributed by atoms with Crippen molar-refractivity contribution in [3.05, 3.63) is 75.4 Å². The zero-order chi connectivity index (χ0) is 27.3. The highest BCUT2D eigenvalue weighted by molar-refractivity contribution is 6.40. The second kappa shape index (κ2) is 12.2. The number of hydrogen-bond acceptors (Lipinski definition) is 6. The second-order valence-corrected chi connectivity index (χ2v) is 10.6. The van der Waals surface area contributed by atoms with Crippen LogP contribution in [0.25, 0.3) is 0 Å². The van der Waals surface area contributed by atoms with E-state index >= 15 is 0 Å². The van der Waals surface area contributed by atoms with Crippen LogP contribution in [-0.4, -0.2) is 36.5 Å². The Morgan fingerprint density at radius 3 is 2.37 bits per heavy atom. The number of amides is 2. The van der Waals surface area contributed by atoms with Gasteiger partial charge in [-0.15, -0.1) is 0 Å². The summed E-state index contributed by atoms with van der Waals surface area (Å²) in [6, 6.07) is 10.8. The molecule has 2 aliphatic rings. The van der Waals surface area contributed by atoms with E-state index in [1.165, 1.54) is 13.5 Å². The molecule has 38 heavy (non-hydrogen) atoms. The summed E-state index contributed by atoms with van der Waals surface area (Å²) in [6.45, 7) is 1.67. The van der Waals surface area contributed by atoms with Crippen LogP contribution in [0.2, 0.25) is 10.0 Å². The van der Waals surface area contributed by atoms with E-state index in [2.05, 4.69) is 16.1 Å². The lowest BCUT2D eigenvalue weighted by Crippen LogP contribution is -2.52. The molecular formula is C28H31Cl2N3O5. The smallest absolute Gasteiger partial charge is 0.328 e. The first-order chi connectivity index (χ1) is 18.2. The maximum atomic E-state index is 13.2. The average Bonchev–Trinajstić information content (AvgIpc) is 3.32. The largest absolute Gasteiger partial charge is 0.467 e. The van der Waals surface area contributed by atoms with Crippen LogP contribution in [0.1, 0.15) is 54.9 Å². The number of carbonyl (C=O) groups excluding carboxylic acids is 3. The second-order valence-electron chi connectivity index (χ2n) is 9.75. The van der Waals surface area contributed by atoms with Crippen LogP contribution in [-0.2, 0) is 25.6 Å². The Morgan fingerprint density at radius 2 is 1.74 bits per heavy atom. The Balaban J connectivity index is 1.41. The van der Waals surface area contributed by atoms with E-state index in [1.807, 2.05) is 6.08 Å². The van der Waals surface area contributed by atoms with Crippen molar-refractivity contribution in [2.24, 2.45) is 5.92 Å². The predicted octanol–water partition coefficient (Wildman–Crippen LogP) is 5.20. The summed E-state index contributed by atoms with van der Waals surface area (Å²) >= 11 is 12.2. The van der Waals surface area contributed by atoms with Gasteiger partial charge in [-0.05, 0) is 55.7 Å². The number of carbonyl (C=O) groups is 3. The minimum atomic E-state index is -1.24. The van der Waals surface area contributed by atoms with Crippen molar-refractivity contribution in [1.82, 2.24) is 10.8 Å². The number of esters is 1. The number of ether oxygens (including phenoxy) is 1. The molecule has 2 aromatic rings. The van der Waals surface area contributed by atoms with Gasteiger partial charge < -0.3 is 15.4 Å². The molecule has 0 radical (unpaired) electrons. The molecule has 0 aromatic heterocycles. The third-order valence-corrected chi connectivity index (χ3v) is 7.57. The van der Waals surface area contributed by atoms with Gasteiger partial charge >= 0.3 is 5.97 Å². The molecule has 202 valence electrons. The van der Waals surface area contributed by atoms with E-state index in [4.69, 9.17) is 32.8 Å². The molecule has 3 N–H and O–H groups in total. The predicted molar refractivity (Wildman–Crippen MR) is 146 cm³/mol. The maximum Gasteiger partial charge on any atom is 0.328 e. The van der Waals surface area contributed by atoms with Crippen LogP contribution >= 0.6 is 23.2 Å². The number of methoxy groups -OCH3 is 1. The van der Waals surface area contributed by atoms with Gasteiger partial charge in [-0.25, -0.2) is 4.79 Å². The highest BCUT2D eigenvalue weighted by atomic mass is 35.5. The fourth-order valence-corrected chi connectivity index (χ4v) is 5.32. The fraction of sp³-hybridized carbons (Fsp3) is 0.393. The lowest BCUT2D eigenvalue weighted by molar-refractivity contribution is -0.150. The molecule has 2 atom stereocenters. The minimum absolute atomic E-state index is 0.186. The van der Waals surface area contributed by atoms with Gasteiger partial charge in [0.15, 0.2) is 5.60 Å². The first-order valence-corrected chi connectivity index (χ1v) is 13.4. The van der Waals surface area contributed by atoms with E-state index in [9.17, 15) is 14.4 Å². The summed E-state index contributed by atoms with van der Waals surface area (Å²) in [4.78, 5) is 44.0. The Hall–Kier alpha value is -3.07. The fourth-order valence-electron chi connectivity index (χ4n) is 4.75. The maximum absolute atomic E-state index is 13.2. The summed E-state index contributed by atoms with van der Waals surface area (Å²) in [6.07, 6.45) is 7.67. The third-order valence-electron chi connectivity index (χ3n) is 6.94. The van der Waals surface area contributed by atoms with E-state index in [1.54, 1.807) is 49.4 Å². The highest BCUT2D eigenvalue weighted by Crippen LogP contribution is 2.33. The Kier molecular flexibility index (Phi) is 8.97. The molecular weight excluding hydrogens is 529 g/mol. The van der Waals surface area contributed by atoms with Crippen molar-refractivity contribution in [3.8, 4) is 0 Å². The van der Waals surface area contributed by atoms with Crippen LogP contribution < -0.4 is 16.1 Å². The van der Waals surface area contributed by atoms with Crippen molar-refractivity contribution < 1.29 is 24.0 Å². The van der Waals surface area contributed by atoms with Gasteiger partial charge in [0.1, 0.15) is 6.04 Å². The van der Waals surface area contributed by atoms with Crippen LogP contribution in [0, 0.1) is 5.92 Å². The van der Waals surface area contributed by atoms with E-state index in [0.29, 0.717) is 11.6 Å². The summed E-state index contributed by atoms with van der Waals surface area (Å²) in [5.74, 6) is -1.10. The molecule has 1 aliphatic heterocycles. The first kappa shape index (κ1) is 28.0. The van der Waals surface area contributed by atoms with Gasteiger partial charge in [0, 0.05) is 23.7 Å². The van der Waals surface area contributed by atoms with Crippen molar-refractivity contribution in [1.29, 1.82) is 0 Å². The van der Waals surface area contributed by atoms with Gasteiger partial charge in [0.25, 0.3) is 11.8 Å². The van der Waals surface area contributed by atoms with Crippen molar-refractivity contribution >= 4 is 46.7 Å². The normalized spacial score (nSPS) is 20.2. The number of rotatable bonds is 8. The number of allylic oxidation sites excluding steroid dienone is 1. The van der Waals surface area contributed by atoms with Crippen LogP contribution in [0.4, 0.5) is 5.69 Å². The number of nitrogens with one attached hydrogen (secondary N) is 3. The molecule has 2 amide bonds. The van der Waals surface area contributed by atoms with Gasteiger partial charge in [-0.3, -0.25) is 19.9 Å². The molecule has 1 unspecified atom stereocenters. The summed E-state index contributed by atoms with van der Waals surface area (Å²) in [7, 11) is 1.27. The van der Waals surface area contributed by atoms with Crippen LogP contribution in [0.3, 0.4) is 0 Å². The summed E-state index contributed by atoms with van der Waals surface area (Å²) in [5, 5.41) is 6.04. The standard InChI is InChI=1S/C28H31Cl2N3O5/c1-28(16-23(33-38-28)18-7-4-3-5-8-18)27(36)32-22(26(35)37-2)15-17-11-13-19(14-12-17)31-25(34)24-20(29)9-6-10-21(24)30/h6,9-14,16,18,22,33H,3-5,7-8,15H2,1-2H3,(H,31,34)(H,32,36)/t22?,28-/m0/s1. The highest BCUT2D eigenvalue weighted by Gasteiger charge is 2.41. The first-order valence-electron chi connectivity index (χ1n) is 12.6. The Labute approximate surface area is 232 Å². The number of anilines is 1. The molecule has 1 aliphatic carbocycles. The lowest BCUT2D eigenvalue weighted by atomic mass is 9.86. The van der Waals surface area contributed by atoms with Crippen LogP contribution in [0.5, 0.6) is 0 Å². The van der Waals surface area contributed by atoms with E-state index in [-0.39, 0.29) is 22.0 Å². The monoisotopic (exact) mass is 559 g/mol. The number of halogens is 2. The number of hydrogen-bond donors (Lipinski definition) is 3. The molecule has 1 saturated carbocycles. The van der Waals surface area contributed by atoms with E-state index < -0.39 is 29.4 Å². The summed E-state index contributed by atoms with van der Waals surface area (Å²) in [5.41, 5.74) is 4.08.